The largest absolute Gasteiger partial charge is 0.418 e. The van der Waals surface area contributed by atoms with Gasteiger partial charge in [-0.15, -0.1) is 0 Å². The summed E-state index contributed by atoms with van der Waals surface area (Å²) in [5.74, 6) is -0.422. The third-order valence-corrected chi connectivity index (χ3v) is 6.35. The van der Waals surface area contributed by atoms with E-state index in [1.54, 1.807) is 19.1 Å². The number of amides is 1. The number of aromatic nitrogens is 3. The molecule has 0 bridgehead atoms. The number of hydrogen-bond acceptors (Lipinski definition) is 6. The van der Waals surface area contributed by atoms with E-state index < -0.39 is 23.2 Å². The van der Waals surface area contributed by atoms with Crippen LogP contribution in [0.5, 0.6) is 0 Å². The molecule has 1 fully saturated rings. The monoisotopic (exact) mass is 547 g/mol. The van der Waals surface area contributed by atoms with Crippen molar-refractivity contribution in [3.8, 4) is 0 Å². The van der Waals surface area contributed by atoms with Crippen LogP contribution >= 0.6 is 15.9 Å². The number of carbonyl (C=O) groups excluding carboxylic acids is 2. The lowest BCUT2D eigenvalue weighted by Gasteiger charge is -2.19. The van der Waals surface area contributed by atoms with E-state index in [4.69, 9.17) is 0 Å². The zero-order valence-corrected chi connectivity index (χ0v) is 20.2. The Bertz CT molecular complexity index is 1230. The van der Waals surface area contributed by atoms with Crippen LogP contribution in [0, 0.1) is 5.41 Å². The number of halogens is 4. The highest BCUT2D eigenvalue weighted by molar-refractivity contribution is 9.10. The average Bonchev–Trinajstić information content (AvgIpc) is 3.61. The molecular weight excluding hydrogens is 527 g/mol. The number of rotatable bonds is 8. The molecule has 1 amide bonds. The molecular formula is C24H21BrF3N5O2. The minimum atomic E-state index is -4.52. The van der Waals surface area contributed by atoms with Crippen LogP contribution in [-0.4, -0.2) is 26.6 Å². The van der Waals surface area contributed by atoms with Crippen LogP contribution in [0.15, 0.2) is 59.7 Å². The average molecular weight is 548 g/mol. The highest BCUT2D eigenvalue weighted by Crippen LogP contribution is 2.50. The predicted molar refractivity (Wildman–Crippen MR) is 126 cm³/mol. The molecule has 1 aromatic carbocycles. The van der Waals surface area contributed by atoms with Crippen molar-refractivity contribution in [3.05, 3.63) is 76.5 Å². The number of hydrogen-bond donors (Lipinski definition) is 2. The molecule has 2 heterocycles. The molecule has 2 aromatic heterocycles. The molecule has 4 rings (SSSR count). The fourth-order valence-electron chi connectivity index (χ4n) is 3.66. The summed E-state index contributed by atoms with van der Waals surface area (Å²) in [6, 6.07) is 6.62. The maximum absolute atomic E-state index is 13.4. The standard InChI is InChI=1S/C24H21BrF3N5O2/c1-14(32-22(35)23(6-7-23)9-21(34)15-10-29-13-30-11-15)19-5-3-17(12-31-19)33-20-4-2-16(25)8-18(20)24(26,27)28/h2-5,8,10-14,33H,6-7,9H2,1H3,(H,32,35). The van der Waals surface area contributed by atoms with Crippen molar-refractivity contribution in [2.24, 2.45) is 5.41 Å². The molecule has 35 heavy (non-hydrogen) atoms. The molecule has 0 spiro atoms. The smallest absolute Gasteiger partial charge is 0.354 e. The fraction of sp³-hybridized carbons (Fsp3) is 0.292. The van der Waals surface area contributed by atoms with Gasteiger partial charge in [-0.3, -0.25) is 14.6 Å². The molecule has 3 aromatic rings. The summed E-state index contributed by atoms with van der Waals surface area (Å²) >= 11 is 3.06. The van der Waals surface area contributed by atoms with Gasteiger partial charge in [0, 0.05) is 23.3 Å². The van der Waals surface area contributed by atoms with Crippen molar-refractivity contribution < 1.29 is 22.8 Å². The maximum atomic E-state index is 13.4. The van der Waals surface area contributed by atoms with Gasteiger partial charge in [-0.05, 0) is 50.1 Å². The number of ketones is 1. The van der Waals surface area contributed by atoms with Crippen molar-refractivity contribution in [1.82, 2.24) is 20.3 Å². The third-order valence-electron chi connectivity index (χ3n) is 5.86. The summed E-state index contributed by atoms with van der Waals surface area (Å²) in [6.45, 7) is 1.76. The molecule has 182 valence electrons. The molecule has 1 aliphatic rings. The second-order valence-corrected chi connectivity index (χ2v) is 9.40. The number of alkyl halides is 3. The minimum Gasteiger partial charge on any atom is -0.354 e. The lowest BCUT2D eigenvalue weighted by Crippen LogP contribution is -2.35. The highest BCUT2D eigenvalue weighted by Gasteiger charge is 2.51. The van der Waals surface area contributed by atoms with Gasteiger partial charge in [0.15, 0.2) is 5.78 Å². The zero-order valence-electron chi connectivity index (χ0n) is 18.6. The van der Waals surface area contributed by atoms with Gasteiger partial charge in [-0.25, -0.2) is 9.97 Å². The Kier molecular flexibility index (Phi) is 6.88. The van der Waals surface area contributed by atoms with E-state index in [0.29, 0.717) is 34.3 Å². The quantitative estimate of drug-likeness (QED) is 0.355. The van der Waals surface area contributed by atoms with Crippen LogP contribution < -0.4 is 10.6 Å². The Hall–Kier alpha value is -3.34. The van der Waals surface area contributed by atoms with Gasteiger partial charge in [0.1, 0.15) is 6.33 Å². The van der Waals surface area contributed by atoms with Crippen LogP contribution in [0.25, 0.3) is 0 Å². The Labute approximate surface area is 207 Å². The van der Waals surface area contributed by atoms with Gasteiger partial charge in [-0.1, -0.05) is 15.9 Å². The van der Waals surface area contributed by atoms with Crippen molar-refractivity contribution >= 4 is 39.0 Å². The fourth-order valence-corrected chi connectivity index (χ4v) is 4.02. The predicted octanol–water partition coefficient (Wildman–Crippen LogP) is 5.63. The van der Waals surface area contributed by atoms with Gasteiger partial charge >= 0.3 is 6.18 Å². The zero-order chi connectivity index (χ0) is 25.2. The van der Waals surface area contributed by atoms with Crippen LogP contribution in [-0.2, 0) is 11.0 Å². The second kappa shape index (κ2) is 9.73. The van der Waals surface area contributed by atoms with E-state index in [0.717, 1.165) is 6.07 Å². The lowest BCUT2D eigenvalue weighted by molar-refractivity contribution is -0.137. The normalized spacial score (nSPS) is 15.2. The van der Waals surface area contributed by atoms with E-state index in [2.05, 4.69) is 41.5 Å². The van der Waals surface area contributed by atoms with E-state index >= 15 is 0 Å². The summed E-state index contributed by atoms with van der Waals surface area (Å²) in [6.07, 6.45) is 2.36. The van der Waals surface area contributed by atoms with Crippen LogP contribution in [0.1, 0.15) is 53.8 Å². The second-order valence-electron chi connectivity index (χ2n) is 8.49. The Morgan fingerprint density at radius 3 is 2.43 bits per heavy atom. The van der Waals surface area contributed by atoms with Gasteiger partial charge < -0.3 is 10.6 Å². The first-order valence-corrected chi connectivity index (χ1v) is 11.6. The van der Waals surface area contributed by atoms with E-state index in [1.165, 1.54) is 37.1 Å². The SMILES string of the molecule is CC(NC(=O)C1(CC(=O)c2cncnc2)CC1)c1ccc(Nc2ccc(Br)cc2C(F)(F)F)cn1. The highest BCUT2D eigenvalue weighted by atomic mass is 79.9. The van der Waals surface area contributed by atoms with E-state index in [9.17, 15) is 22.8 Å². The van der Waals surface area contributed by atoms with Crippen molar-refractivity contribution in [3.63, 3.8) is 0 Å². The summed E-state index contributed by atoms with van der Waals surface area (Å²) in [4.78, 5) is 37.4. The number of carbonyl (C=O) groups is 2. The number of benzene rings is 1. The van der Waals surface area contributed by atoms with E-state index in [-0.39, 0.29) is 23.8 Å². The van der Waals surface area contributed by atoms with Gasteiger partial charge in [-0.2, -0.15) is 13.2 Å². The number of Topliss-reactive ketones (excluding diaryl/α,β-unsaturated/α-hetero) is 1. The molecule has 1 atom stereocenters. The molecule has 0 radical (unpaired) electrons. The van der Waals surface area contributed by atoms with Crippen LogP contribution in [0.4, 0.5) is 24.5 Å². The molecule has 7 nitrogen and oxygen atoms in total. The van der Waals surface area contributed by atoms with E-state index in [1.807, 2.05) is 0 Å². The molecule has 1 saturated carbocycles. The molecule has 0 saturated heterocycles. The minimum absolute atomic E-state index is 0.0734. The lowest BCUT2D eigenvalue weighted by atomic mass is 9.95. The third kappa shape index (κ3) is 5.84. The summed E-state index contributed by atoms with van der Waals surface area (Å²) in [7, 11) is 0. The number of pyridine rings is 1. The number of nitrogens with one attached hydrogen (secondary N) is 2. The van der Waals surface area contributed by atoms with Crippen molar-refractivity contribution in [2.75, 3.05) is 5.32 Å². The molecule has 11 heteroatoms. The van der Waals surface area contributed by atoms with Gasteiger partial charge in [0.2, 0.25) is 5.91 Å². The molecule has 2 N–H and O–H groups in total. The Morgan fingerprint density at radius 2 is 1.83 bits per heavy atom. The number of nitrogens with zero attached hydrogens (tertiary/aromatic N) is 3. The van der Waals surface area contributed by atoms with Crippen LogP contribution in [0.3, 0.4) is 0 Å². The first kappa shape index (κ1) is 24.8. The summed E-state index contributed by atoms with van der Waals surface area (Å²) in [5.41, 5.74) is -0.380. The summed E-state index contributed by atoms with van der Waals surface area (Å²) < 4.78 is 40.4. The molecule has 0 aliphatic heterocycles. The molecule has 1 aliphatic carbocycles. The first-order chi connectivity index (χ1) is 16.6. The summed E-state index contributed by atoms with van der Waals surface area (Å²) in [5, 5.41) is 5.65. The van der Waals surface area contributed by atoms with Gasteiger partial charge in [0.25, 0.3) is 0 Å². The Morgan fingerprint density at radius 1 is 1.11 bits per heavy atom. The van der Waals surface area contributed by atoms with Crippen molar-refractivity contribution in [2.45, 2.75) is 38.4 Å². The van der Waals surface area contributed by atoms with Gasteiger partial charge in [0.05, 0.1) is 45.8 Å². The maximum Gasteiger partial charge on any atom is 0.418 e. The topological polar surface area (TPSA) is 96.9 Å². The van der Waals surface area contributed by atoms with Crippen LogP contribution in [0.2, 0.25) is 0 Å². The number of anilines is 2. The first-order valence-electron chi connectivity index (χ1n) is 10.8. The van der Waals surface area contributed by atoms with Crippen molar-refractivity contribution in [1.29, 1.82) is 0 Å². The Balaban J connectivity index is 1.39. The molecule has 1 unspecified atom stereocenters.